The number of ether oxygens (including phenoxy) is 1. The number of aromatic nitrogens is 3. The fourth-order valence-corrected chi connectivity index (χ4v) is 4.13. The van der Waals surface area contributed by atoms with Crippen LogP contribution in [0.3, 0.4) is 0 Å². The number of fused-ring (bicyclic) bond motifs is 1. The Bertz CT molecular complexity index is 819. The van der Waals surface area contributed by atoms with Crippen LogP contribution in [0.5, 0.6) is 5.75 Å². The minimum Gasteiger partial charge on any atom is -0.493 e. The monoisotopic (exact) mass is 383 g/mol. The molecule has 0 saturated carbocycles. The second-order valence-electron chi connectivity index (χ2n) is 7.67. The topological polar surface area (TPSA) is 72.3 Å². The van der Waals surface area contributed by atoms with Crippen molar-refractivity contribution in [1.29, 1.82) is 0 Å². The second-order valence-corrected chi connectivity index (χ2v) is 7.67. The Morgan fingerprint density at radius 1 is 1.25 bits per heavy atom. The van der Waals surface area contributed by atoms with Gasteiger partial charge >= 0.3 is 0 Å². The Balaban J connectivity index is 1.34. The van der Waals surface area contributed by atoms with Crippen molar-refractivity contribution < 1.29 is 9.53 Å². The molecule has 2 aromatic rings. The van der Waals surface area contributed by atoms with Gasteiger partial charge in [-0.3, -0.25) is 4.79 Å². The van der Waals surface area contributed by atoms with Crippen LogP contribution in [0.2, 0.25) is 0 Å². The largest absolute Gasteiger partial charge is 0.493 e. The maximum Gasteiger partial charge on any atom is 0.226 e. The summed E-state index contributed by atoms with van der Waals surface area (Å²) in [7, 11) is 0. The number of para-hydroxylation sites is 1. The van der Waals surface area contributed by atoms with E-state index in [9.17, 15) is 4.79 Å². The Labute approximate surface area is 166 Å². The number of hydrogen-bond donors (Lipinski definition) is 1. The summed E-state index contributed by atoms with van der Waals surface area (Å²) in [6, 6.07) is 7.91. The first-order valence-corrected chi connectivity index (χ1v) is 10.3. The Kier molecular flexibility index (Phi) is 5.90. The van der Waals surface area contributed by atoms with Gasteiger partial charge in [-0.05, 0) is 31.4 Å². The van der Waals surface area contributed by atoms with Crippen molar-refractivity contribution in [2.24, 2.45) is 0 Å². The third-order valence-corrected chi connectivity index (χ3v) is 5.70. The third kappa shape index (κ3) is 4.19. The molecule has 0 spiro atoms. The molecule has 1 N–H and O–H groups in total. The summed E-state index contributed by atoms with van der Waals surface area (Å²) in [5.74, 6) is 3.40. The van der Waals surface area contributed by atoms with Gasteiger partial charge in [0, 0.05) is 45.1 Å². The molecular weight excluding hydrogens is 354 g/mol. The number of amides is 1. The Hall–Kier alpha value is -2.41. The number of carbonyl (C=O) groups excluding carboxylic acids is 1. The summed E-state index contributed by atoms with van der Waals surface area (Å²) in [5, 5.41) is 12.3. The number of likely N-dealkylation sites (tertiary alicyclic amines) is 1. The maximum atomic E-state index is 12.7. The fourth-order valence-electron chi connectivity index (χ4n) is 4.13. The summed E-state index contributed by atoms with van der Waals surface area (Å²) in [5.41, 5.74) is 1.09. The Morgan fingerprint density at radius 3 is 3.04 bits per heavy atom. The molecule has 3 heterocycles. The van der Waals surface area contributed by atoms with Crippen LogP contribution in [0.4, 0.5) is 0 Å². The van der Waals surface area contributed by atoms with E-state index in [-0.39, 0.29) is 11.8 Å². The van der Waals surface area contributed by atoms with Crippen LogP contribution < -0.4 is 10.1 Å². The van der Waals surface area contributed by atoms with Gasteiger partial charge in [-0.1, -0.05) is 18.2 Å². The molecule has 1 fully saturated rings. The van der Waals surface area contributed by atoms with Crippen molar-refractivity contribution in [1.82, 2.24) is 25.0 Å². The lowest BCUT2D eigenvalue weighted by Gasteiger charge is -2.32. The van der Waals surface area contributed by atoms with Gasteiger partial charge in [-0.2, -0.15) is 0 Å². The standard InChI is InChI=1S/C21H29N5O2/c1-16-5-2-3-7-18(16)28-14-9-20(27)25-12-4-6-17(15-25)21-24-23-19-8-10-22-11-13-26(19)21/h2-3,5,7,17,22H,4,6,8-15H2,1H3. The lowest BCUT2D eigenvalue weighted by molar-refractivity contribution is -0.133. The van der Waals surface area contributed by atoms with Gasteiger partial charge in [-0.25, -0.2) is 0 Å². The summed E-state index contributed by atoms with van der Waals surface area (Å²) >= 11 is 0. The highest BCUT2D eigenvalue weighted by molar-refractivity contribution is 5.76. The van der Waals surface area contributed by atoms with Gasteiger partial charge in [0.25, 0.3) is 0 Å². The van der Waals surface area contributed by atoms with Crippen LogP contribution in [-0.4, -0.2) is 58.4 Å². The third-order valence-electron chi connectivity index (χ3n) is 5.70. The molecule has 1 unspecified atom stereocenters. The maximum absolute atomic E-state index is 12.7. The van der Waals surface area contributed by atoms with Crippen molar-refractivity contribution in [3.8, 4) is 5.75 Å². The van der Waals surface area contributed by atoms with Crippen LogP contribution in [0.15, 0.2) is 24.3 Å². The molecule has 0 aliphatic carbocycles. The molecule has 2 aliphatic heterocycles. The zero-order chi connectivity index (χ0) is 19.3. The number of rotatable bonds is 5. The quantitative estimate of drug-likeness (QED) is 0.854. The average Bonchev–Trinajstić information content (AvgIpc) is 2.98. The summed E-state index contributed by atoms with van der Waals surface area (Å²) in [6.45, 7) is 6.79. The molecule has 1 saturated heterocycles. The highest BCUT2D eigenvalue weighted by Gasteiger charge is 2.29. The van der Waals surface area contributed by atoms with E-state index >= 15 is 0 Å². The van der Waals surface area contributed by atoms with Crippen molar-refractivity contribution in [3.63, 3.8) is 0 Å². The predicted molar refractivity (Wildman–Crippen MR) is 106 cm³/mol. The lowest BCUT2D eigenvalue weighted by Crippen LogP contribution is -2.40. The highest BCUT2D eigenvalue weighted by Crippen LogP contribution is 2.27. The highest BCUT2D eigenvalue weighted by atomic mass is 16.5. The molecule has 0 radical (unpaired) electrons. The van der Waals surface area contributed by atoms with Crippen LogP contribution in [-0.2, 0) is 17.8 Å². The molecule has 1 atom stereocenters. The number of aryl methyl sites for hydroxylation is 1. The van der Waals surface area contributed by atoms with Crippen molar-refractivity contribution in [2.75, 3.05) is 32.8 Å². The number of nitrogens with one attached hydrogen (secondary N) is 1. The van der Waals surface area contributed by atoms with E-state index in [2.05, 4.69) is 20.1 Å². The number of carbonyl (C=O) groups is 1. The molecule has 4 rings (SSSR count). The number of hydrogen-bond acceptors (Lipinski definition) is 5. The molecule has 1 amide bonds. The smallest absolute Gasteiger partial charge is 0.226 e. The van der Waals surface area contributed by atoms with Gasteiger partial charge in [0.05, 0.1) is 13.0 Å². The molecule has 0 bridgehead atoms. The van der Waals surface area contributed by atoms with Gasteiger partial charge in [-0.15, -0.1) is 10.2 Å². The molecule has 150 valence electrons. The van der Waals surface area contributed by atoms with Crippen molar-refractivity contribution >= 4 is 5.91 Å². The summed E-state index contributed by atoms with van der Waals surface area (Å²) in [4.78, 5) is 14.7. The van der Waals surface area contributed by atoms with E-state index in [0.717, 1.165) is 74.9 Å². The normalized spacial score (nSPS) is 19.8. The van der Waals surface area contributed by atoms with Gasteiger partial charge in [0.2, 0.25) is 5.91 Å². The number of piperidine rings is 1. The van der Waals surface area contributed by atoms with E-state index in [4.69, 9.17) is 4.74 Å². The first-order chi connectivity index (χ1) is 13.7. The molecule has 2 aliphatic rings. The fraction of sp³-hybridized carbons (Fsp3) is 0.571. The van der Waals surface area contributed by atoms with Gasteiger partial charge < -0.3 is 19.5 Å². The van der Waals surface area contributed by atoms with E-state index in [1.165, 1.54) is 0 Å². The number of nitrogens with zero attached hydrogens (tertiary/aromatic N) is 4. The van der Waals surface area contributed by atoms with E-state index in [1.54, 1.807) is 0 Å². The van der Waals surface area contributed by atoms with Crippen LogP contribution in [0.25, 0.3) is 0 Å². The lowest BCUT2D eigenvalue weighted by atomic mass is 9.96. The van der Waals surface area contributed by atoms with Gasteiger partial charge in [0.15, 0.2) is 0 Å². The predicted octanol–water partition coefficient (Wildman–Crippen LogP) is 1.91. The average molecular weight is 383 g/mol. The zero-order valence-electron chi connectivity index (χ0n) is 16.6. The van der Waals surface area contributed by atoms with Crippen molar-refractivity contribution in [3.05, 3.63) is 41.5 Å². The first-order valence-electron chi connectivity index (χ1n) is 10.3. The minimum absolute atomic E-state index is 0.163. The molecule has 1 aromatic heterocycles. The molecule has 28 heavy (non-hydrogen) atoms. The zero-order valence-corrected chi connectivity index (χ0v) is 16.6. The Morgan fingerprint density at radius 2 is 2.14 bits per heavy atom. The second kappa shape index (κ2) is 8.73. The van der Waals surface area contributed by atoms with Crippen LogP contribution >= 0.6 is 0 Å². The molecule has 7 nitrogen and oxygen atoms in total. The van der Waals surface area contributed by atoms with Crippen LogP contribution in [0.1, 0.15) is 42.4 Å². The van der Waals surface area contributed by atoms with Gasteiger partial charge in [0.1, 0.15) is 17.4 Å². The van der Waals surface area contributed by atoms with E-state index in [1.807, 2.05) is 36.1 Å². The molecule has 1 aromatic carbocycles. The summed E-state index contributed by atoms with van der Waals surface area (Å²) in [6.07, 6.45) is 3.39. The minimum atomic E-state index is 0.163. The number of benzene rings is 1. The SMILES string of the molecule is Cc1ccccc1OCCC(=O)N1CCCC(c2nnc3n2CCNCC3)C1. The van der Waals surface area contributed by atoms with Crippen molar-refractivity contribution in [2.45, 2.75) is 45.1 Å². The molecule has 7 heteroatoms. The van der Waals surface area contributed by atoms with E-state index in [0.29, 0.717) is 13.0 Å². The van der Waals surface area contributed by atoms with E-state index < -0.39 is 0 Å². The molecular formula is C21H29N5O2. The first kappa shape index (κ1) is 18.9. The van der Waals surface area contributed by atoms with Crippen LogP contribution in [0, 0.1) is 6.92 Å². The summed E-state index contributed by atoms with van der Waals surface area (Å²) < 4.78 is 8.07.